The smallest absolute Gasteiger partial charge is 0.232 e. The molecular formula is C18H25NO2S. The van der Waals surface area contributed by atoms with Gasteiger partial charge in [0.05, 0.1) is 12.9 Å². The first-order valence-electron chi connectivity index (χ1n) is 8.16. The van der Waals surface area contributed by atoms with Crippen LogP contribution in [-0.4, -0.2) is 43.0 Å². The number of carbonyl (C=O) groups excluding carboxylic acids is 1. The maximum absolute atomic E-state index is 12.0. The molecule has 4 heteroatoms. The molecule has 3 nitrogen and oxygen atoms in total. The third-order valence-corrected chi connectivity index (χ3v) is 5.74. The number of rotatable bonds is 4. The van der Waals surface area contributed by atoms with Crippen molar-refractivity contribution in [3.8, 4) is 5.75 Å². The molecule has 0 N–H and O–H groups in total. The maximum atomic E-state index is 12.0. The summed E-state index contributed by atoms with van der Waals surface area (Å²) in [6.07, 6.45) is 6.72. The van der Waals surface area contributed by atoms with E-state index < -0.39 is 0 Å². The van der Waals surface area contributed by atoms with E-state index in [0.29, 0.717) is 23.5 Å². The molecule has 1 aliphatic carbocycles. The molecule has 120 valence electrons. The minimum Gasteiger partial charge on any atom is -0.497 e. The van der Waals surface area contributed by atoms with E-state index in [1.807, 2.05) is 6.26 Å². The standard InChI is InChI=1S/C18H25NO2S/c1-21-15-5-3-13-4-6-16(17(13)11-15)14-7-9-19(10-8-14)18(20)12-22-2/h3,5,11,14,16H,4,6-10,12H2,1-2H3. The van der Waals surface area contributed by atoms with Crippen molar-refractivity contribution in [3.63, 3.8) is 0 Å². The monoisotopic (exact) mass is 319 g/mol. The predicted molar refractivity (Wildman–Crippen MR) is 91.7 cm³/mol. The Bertz CT molecular complexity index is 538. The molecule has 0 aromatic heterocycles. The number of thioether (sulfide) groups is 1. The topological polar surface area (TPSA) is 29.5 Å². The Morgan fingerprint density at radius 2 is 2.09 bits per heavy atom. The van der Waals surface area contributed by atoms with Crippen LogP contribution in [0.1, 0.15) is 36.3 Å². The molecule has 1 atom stereocenters. The van der Waals surface area contributed by atoms with Crippen LogP contribution in [0.15, 0.2) is 18.2 Å². The van der Waals surface area contributed by atoms with Crippen LogP contribution in [0.2, 0.25) is 0 Å². The number of likely N-dealkylation sites (tertiary alicyclic amines) is 1. The van der Waals surface area contributed by atoms with Crippen LogP contribution in [0.25, 0.3) is 0 Å². The zero-order valence-corrected chi connectivity index (χ0v) is 14.3. The Hall–Kier alpha value is -1.16. The molecule has 0 radical (unpaired) electrons. The summed E-state index contributed by atoms with van der Waals surface area (Å²) in [7, 11) is 1.74. The van der Waals surface area contributed by atoms with E-state index in [0.717, 1.165) is 31.7 Å². The van der Waals surface area contributed by atoms with Crippen molar-refractivity contribution < 1.29 is 9.53 Å². The molecule has 1 aromatic rings. The van der Waals surface area contributed by atoms with Gasteiger partial charge in [0.15, 0.2) is 0 Å². The second kappa shape index (κ2) is 6.95. The van der Waals surface area contributed by atoms with Gasteiger partial charge in [-0.15, -0.1) is 0 Å². The number of hydrogen-bond acceptors (Lipinski definition) is 3. The SMILES string of the molecule is COc1ccc2c(c1)C(C1CCN(C(=O)CSC)CC1)CC2. The minimum atomic E-state index is 0.305. The summed E-state index contributed by atoms with van der Waals surface area (Å²) in [4.78, 5) is 14.0. The fourth-order valence-corrected chi connectivity index (χ4v) is 4.42. The number of fused-ring (bicyclic) bond motifs is 1. The molecule has 1 unspecified atom stereocenters. The first-order valence-corrected chi connectivity index (χ1v) is 9.56. The highest BCUT2D eigenvalue weighted by atomic mass is 32.2. The van der Waals surface area contributed by atoms with Gasteiger partial charge in [-0.3, -0.25) is 4.79 Å². The number of hydrogen-bond donors (Lipinski definition) is 0. The van der Waals surface area contributed by atoms with Gasteiger partial charge in [0.2, 0.25) is 5.91 Å². The number of nitrogens with zero attached hydrogens (tertiary/aromatic N) is 1. The van der Waals surface area contributed by atoms with Crippen LogP contribution < -0.4 is 4.74 Å². The maximum Gasteiger partial charge on any atom is 0.232 e. The van der Waals surface area contributed by atoms with Gasteiger partial charge in [-0.1, -0.05) is 6.07 Å². The van der Waals surface area contributed by atoms with Gasteiger partial charge in [0.1, 0.15) is 5.75 Å². The van der Waals surface area contributed by atoms with Crippen LogP contribution in [0, 0.1) is 5.92 Å². The van der Waals surface area contributed by atoms with Gasteiger partial charge in [0, 0.05) is 13.1 Å². The van der Waals surface area contributed by atoms with E-state index in [-0.39, 0.29) is 0 Å². The van der Waals surface area contributed by atoms with E-state index >= 15 is 0 Å². The first-order chi connectivity index (χ1) is 10.7. The summed E-state index contributed by atoms with van der Waals surface area (Å²) in [5, 5.41) is 0. The fraction of sp³-hybridized carbons (Fsp3) is 0.611. The highest BCUT2D eigenvalue weighted by Gasteiger charge is 2.33. The Kier molecular flexibility index (Phi) is 4.97. The molecule has 0 spiro atoms. The number of piperidine rings is 1. The van der Waals surface area contributed by atoms with Gasteiger partial charge < -0.3 is 9.64 Å². The van der Waals surface area contributed by atoms with Crippen LogP contribution >= 0.6 is 11.8 Å². The van der Waals surface area contributed by atoms with Crippen LogP contribution in [0.3, 0.4) is 0 Å². The molecular weight excluding hydrogens is 294 g/mol. The summed E-state index contributed by atoms with van der Waals surface area (Å²) >= 11 is 1.62. The molecule has 0 saturated carbocycles. The first kappa shape index (κ1) is 15.7. The second-order valence-corrected chi connectivity index (χ2v) is 7.23. The second-order valence-electron chi connectivity index (χ2n) is 6.36. The average molecular weight is 319 g/mol. The zero-order valence-electron chi connectivity index (χ0n) is 13.5. The number of methoxy groups -OCH3 is 1. The average Bonchev–Trinajstić information content (AvgIpc) is 2.98. The van der Waals surface area contributed by atoms with Crippen molar-refractivity contribution in [2.24, 2.45) is 5.92 Å². The largest absolute Gasteiger partial charge is 0.497 e. The van der Waals surface area contributed by atoms with Crippen LogP contribution in [-0.2, 0) is 11.2 Å². The molecule has 1 saturated heterocycles. The highest BCUT2D eigenvalue weighted by Crippen LogP contribution is 2.43. The molecule has 1 amide bonds. The molecule has 0 bridgehead atoms. The van der Waals surface area contributed by atoms with Crippen molar-refractivity contribution in [1.82, 2.24) is 4.90 Å². The van der Waals surface area contributed by atoms with E-state index in [2.05, 4.69) is 23.1 Å². The fourth-order valence-electron chi connectivity index (χ4n) is 3.99. The Labute approximate surface area is 137 Å². The summed E-state index contributed by atoms with van der Waals surface area (Å²) in [5.74, 6) is 3.26. The molecule has 1 fully saturated rings. The van der Waals surface area contributed by atoms with Crippen molar-refractivity contribution >= 4 is 17.7 Å². The minimum absolute atomic E-state index is 0.305. The van der Waals surface area contributed by atoms with Gasteiger partial charge in [-0.2, -0.15) is 11.8 Å². The lowest BCUT2D eigenvalue weighted by atomic mass is 9.81. The predicted octanol–water partition coefficient (Wildman–Crippen LogP) is 3.33. The lowest BCUT2D eigenvalue weighted by molar-refractivity contribution is -0.129. The van der Waals surface area contributed by atoms with Crippen LogP contribution in [0.4, 0.5) is 0 Å². The van der Waals surface area contributed by atoms with E-state index in [9.17, 15) is 4.79 Å². The third-order valence-electron chi connectivity index (χ3n) is 5.21. The van der Waals surface area contributed by atoms with Gasteiger partial charge in [-0.05, 0) is 67.0 Å². The molecule has 1 aliphatic heterocycles. The van der Waals surface area contributed by atoms with E-state index in [4.69, 9.17) is 4.74 Å². The van der Waals surface area contributed by atoms with E-state index in [1.165, 1.54) is 24.0 Å². The van der Waals surface area contributed by atoms with Crippen molar-refractivity contribution in [2.45, 2.75) is 31.6 Å². The Balaban J connectivity index is 1.65. The van der Waals surface area contributed by atoms with Gasteiger partial charge >= 0.3 is 0 Å². The number of carbonyl (C=O) groups is 1. The summed E-state index contributed by atoms with van der Waals surface area (Å²) in [6, 6.07) is 6.54. The third kappa shape index (κ3) is 3.12. The lowest BCUT2D eigenvalue weighted by Crippen LogP contribution is -2.40. The molecule has 2 aliphatic rings. The van der Waals surface area contributed by atoms with Crippen molar-refractivity contribution in [3.05, 3.63) is 29.3 Å². The quantitative estimate of drug-likeness (QED) is 0.852. The Morgan fingerprint density at radius 1 is 1.32 bits per heavy atom. The van der Waals surface area contributed by atoms with Gasteiger partial charge in [-0.25, -0.2) is 0 Å². The van der Waals surface area contributed by atoms with Crippen molar-refractivity contribution in [2.75, 3.05) is 32.2 Å². The molecule has 1 heterocycles. The number of aryl methyl sites for hydroxylation is 1. The highest BCUT2D eigenvalue weighted by molar-refractivity contribution is 7.99. The number of ether oxygens (including phenoxy) is 1. The summed E-state index contributed by atoms with van der Waals surface area (Å²) in [5.41, 5.74) is 2.99. The normalized spacial score (nSPS) is 21.7. The van der Waals surface area contributed by atoms with E-state index in [1.54, 1.807) is 18.9 Å². The summed E-state index contributed by atoms with van der Waals surface area (Å²) in [6.45, 7) is 1.86. The molecule has 3 rings (SSSR count). The Morgan fingerprint density at radius 3 is 2.77 bits per heavy atom. The number of amides is 1. The summed E-state index contributed by atoms with van der Waals surface area (Å²) < 4.78 is 5.40. The van der Waals surface area contributed by atoms with Gasteiger partial charge in [0.25, 0.3) is 0 Å². The van der Waals surface area contributed by atoms with Crippen LogP contribution in [0.5, 0.6) is 5.75 Å². The molecule has 22 heavy (non-hydrogen) atoms. The zero-order chi connectivity index (χ0) is 15.5. The molecule has 1 aromatic carbocycles. The lowest BCUT2D eigenvalue weighted by Gasteiger charge is -2.35. The van der Waals surface area contributed by atoms with Crippen molar-refractivity contribution in [1.29, 1.82) is 0 Å². The number of benzene rings is 1.